The average molecular weight is 808 g/mol. The lowest BCUT2D eigenvalue weighted by Crippen LogP contribution is -2.11. The molecule has 11 aromatic rings. The van der Waals surface area contributed by atoms with E-state index in [0.29, 0.717) is 0 Å². The van der Waals surface area contributed by atoms with Crippen molar-refractivity contribution in [3.63, 3.8) is 0 Å². The van der Waals surface area contributed by atoms with Crippen molar-refractivity contribution in [2.75, 3.05) is 4.90 Å². The Kier molecular flexibility index (Phi) is 9.82. The lowest BCUT2D eigenvalue weighted by molar-refractivity contribution is 1.28. The summed E-state index contributed by atoms with van der Waals surface area (Å²) in [6, 6.07) is 90.3. The van der Waals surface area contributed by atoms with Gasteiger partial charge in [-0.25, -0.2) is 0 Å². The molecular weight excluding hydrogens is 767 g/mol. The van der Waals surface area contributed by atoms with E-state index in [2.05, 4.69) is 254 Å². The quantitative estimate of drug-likeness (QED) is 0.140. The van der Waals surface area contributed by atoms with Crippen LogP contribution in [0.25, 0.3) is 86.9 Å². The van der Waals surface area contributed by atoms with Crippen molar-refractivity contribution in [2.24, 2.45) is 0 Å². The molecule has 62 heavy (non-hydrogen) atoms. The van der Waals surface area contributed by atoms with Gasteiger partial charge in [-0.2, -0.15) is 0 Å². The number of anilines is 3. The second-order valence-electron chi connectivity index (χ2n) is 15.6. The Morgan fingerprint density at radius 1 is 0.242 bits per heavy atom. The Labute approximate surface area is 367 Å². The normalized spacial score (nSPS) is 11.2. The lowest BCUT2D eigenvalue weighted by Gasteiger charge is -2.29. The van der Waals surface area contributed by atoms with Crippen LogP contribution in [0, 0.1) is 0 Å². The van der Waals surface area contributed by atoms with Crippen LogP contribution >= 0.6 is 11.3 Å². The fourth-order valence-electron chi connectivity index (χ4n) is 9.06. The minimum Gasteiger partial charge on any atom is -0.310 e. The summed E-state index contributed by atoms with van der Waals surface area (Å²) in [4.78, 5) is 2.42. The average Bonchev–Trinajstić information content (AvgIpc) is 3.75. The predicted molar refractivity (Wildman–Crippen MR) is 267 cm³/mol. The summed E-state index contributed by atoms with van der Waals surface area (Å²) >= 11 is 1.86. The van der Waals surface area contributed by atoms with Gasteiger partial charge >= 0.3 is 0 Å². The van der Waals surface area contributed by atoms with Crippen LogP contribution in [0.3, 0.4) is 0 Å². The van der Waals surface area contributed by atoms with Crippen LogP contribution in [0.5, 0.6) is 0 Å². The molecule has 0 spiro atoms. The zero-order valence-corrected chi connectivity index (χ0v) is 34.8. The maximum absolute atomic E-state index is 2.42. The van der Waals surface area contributed by atoms with Crippen molar-refractivity contribution in [1.29, 1.82) is 0 Å². The molecule has 2 heteroatoms. The number of thiophene rings is 1. The molecule has 1 nitrogen and oxygen atoms in total. The second-order valence-corrected chi connectivity index (χ2v) is 16.7. The largest absolute Gasteiger partial charge is 0.310 e. The molecule has 10 aromatic carbocycles. The highest BCUT2D eigenvalue weighted by atomic mass is 32.1. The molecule has 0 amide bonds. The van der Waals surface area contributed by atoms with Gasteiger partial charge in [0, 0.05) is 37.1 Å². The third kappa shape index (κ3) is 6.87. The summed E-state index contributed by atoms with van der Waals surface area (Å²) in [7, 11) is 0. The van der Waals surface area contributed by atoms with Gasteiger partial charge in [0.25, 0.3) is 0 Å². The van der Waals surface area contributed by atoms with E-state index in [1.165, 1.54) is 81.4 Å². The summed E-state index contributed by atoms with van der Waals surface area (Å²) in [5.41, 5.74) is 17.7. The Morgan fingerprint density at radius 2 is 0.613 bits per heavy atom. The molecule has 0 saturated carbocycles. The van der Waals surface area contributed by atoms with Gasteiger partial charge in [-0.05, 0) is 104 Å². The van der Waals surface area contributed by atoms with Crippen LogP contribution in [-0.4, -0.2) is 0 Å². The van der Waals surface area contributed by atoms with E-state index in [1.54, 1.807) is 0 Å². The Morgan fingerprint density at radius 3 is 1.19 bits per heavy atom. The highest BCUT2D eigenvalue weighted by molar-refractivity contribution is 7.25. The molecule has 1 heterocycles. The Balaban J connectivity index is 1.07. The highest BCUT2D eigenvalue weighted by Crippen LogP contribution is 2.47. The van der Waals surface area contributed by atoms with E-state index in [-0.39, 0.29) is 0 Å². The van der Waals surface area contributed by atoms with Gasteiger partial charge in [0.2, 0.25) is 0 Å². The lowest BCUT2D eigenvalue weighted by atomic mass is 9.88. The van der Waals surface area contributed by atoms with Gasteiger partial charge in [0.1, 0.15) is 0 Å². The molecule has 0 saturated heterocycles. The number of benzene rings is 10. The van der Waals surface area contributed by atoms with Crippen molar-refractivity contribution in [2.45, 2.75) is 0 Å². The smallest absolute Gasteiger partial charge is 0.0540 e. The first-order valence-electron chi connectivity index (χ1n) is 21.2. The first kappa shape index (κ1) is 37.2. The number of hydrogen-bond acceptors (Lipinski definition) is 2. The number of para-hydroxylation sites is 1. The van der Waals surface area contributed by atoms with Gasteiger partial charge in [-0.3, -0.25) is 0 Å². The summed E-state index contributed by atoms with van der Waals surface area (Å²) in [6.07, 6.45) is 0. The maximum Gasteiger partial charge on any atom is 0.0540 e. The highest BCUT2D eigenvalue weighted by Gasteiger charge is 2.21. The molecule has 0 N–H and O–H groups in total. The van der Waals surface area contributed by atoms with E-state index in [9.17, 15) is 0 Å². The molecule has 0 bridgehead atoms. The minimum atomic E-state index is 1.08. The summed E-state index contributed by atoms with van der Waals surface area (Å²) < 4.78 is 2.63. The number of fused-ring (bicyclic) bond motifs is 3. The SMILES string of the molecule is c1ccc(-c2ccccc2-c2ccc(N(c3ccc(-c4cccc5sc6ccccc6c45)cc3)c3ccccc3-c3ccccc3-c3ccccc3-c3ccccc3)cc2)cc1. The molecule has 292 valence electrons. The molecule has 0 aliphatic heterocycles. The van der Waals surface area contributed by atoms with Gasteiger partial charge in [0.15, 0.2) is 0 Å². The maximum atomic E-state index is 2.42. The van der Waals surface area contributed by atoms with E-state index in [1.807, 2.05) is 11.3 Å². The third-order valence-corrected chi connectivity index (χ3v) is 13.1. The Bertz CT molecular complexity index is 3330. The van der Waals surface area contributed by atoms with E-state index < -0.39 is 0 Å². The predicted octanol–water partition coefficient (Wildman–Crippen LogP) is 17.5. The number of rotatable bonds is 9. The van der Waals surface area contributed by atoms with E-state index >= 15 is 0 Å². The topological polar surface area (TPSA) is 3.24 Å². The van der Waals surface area contributed by atoms with Crippen molar-refractivity contribution in [3.05, 3.63) is 249 Å². The number of hydrogen-bond donors (Lipinski definition) is 0. The van der Waals surface area contributed by atoms with Crippen molar-refractivity contribution >= 4 is 48.6 Å². The molecule has 0 fully saturated rings. The number of nitrogens with zero attached hydrogens (tertiary/aromatic N) is 1. The molecule has 0 atom stereocenters. The van der Waals surface area contributed by atoms with Crippen molar-refractivity contribution in [1.82, 2.24) is 0 Å². The summed E-state index contributed by atoms with van der Waals surface area (Å²) in [5.74, 6) is 0. The van der Waals surface area contributed by atoms with Crippen molar-refractivity contribution in [3.8, 4) is 66.8 Å². The first-order chi connectivity index (χ1) is 30.8. The molecule has 0 radical (unpaired) electrons. The Hall–Kier alpha value is -7.78. The van der Waals surface area contributed by atoms with Crippen LogP contribution in [0.15, 0.2) is 249 Å². The standard InChI is InChI=1S/C60H41NS/c1-3-18-42(19-4-1)48-22-7-8-23-49(48)44-34-38-46(39-35-44)61(47-40-36-45(37-41-47)51-30-17-33-59-60(51)56-29-14-16-32-58(56)62-59)57-31-15-13-28-55(57)54-27-12-11-26-53(54)52-25-10-9-24-50(52)43-20-5-2-6-21-43/h1-41H. The zero-order chi connectivity index (χ0) is 41.2. The van der Waals surface area contributed by atoms with Gasteiger partial charge < -0.3 is 4.90 Å². The van der Waals surface area contributed by atoms with Crippen LogP contribution < -0.4 is 4.90 Å². The van der Waals surface area contributed by atoms with Crippen LogP contribution in [0.1, 0.15) is 0 Å². The van der Waals surface area contributed by atoms with Gasteiger partial charge in [-0.1, -0.05) is 206 Å². The fraction of sp³-hybridized carbons (Fsp3) is 0. The minimum absolute atomic E-state index is 1.08. The summed E-state index contributed by atoms with van der Waals surface area (Å²) in [6.45, 7) is 0. The van der Waals surface area contributed by atoms with Crippen LogP contribution in [0.4, 0.5) is 17.1 Å². The molecule has 11 rings (SSSR count). The monoisotopic (exact) mass is 807 g/mol. The molecule has 0 aliphatic carbocycles. The van der Waals surface area contributed by atoms with Crippen molar-refractivity contribution < 1.29 is 0 Å². The fourth-order valence-corrected chi connectivity index (χ4v) is 10.2. The zero-order valence-electron chi connectivity index (χ0n) is 34.0. The molecule has 0 aliphatic rings. The molecule has 1 aromatic heterocycles. The third-order valence-electron chi connectivity index (χ3n) is 12.0. The van der Waals surface area contributed by atoms with Crippen LogP contribution in [0.2, 0.25) is 0 Å². The molecule has 0 unspecified atom stereocenters. The van der Waals surface area contributed by atoms with Gasteiger partial charge in [-0.15, -0.1) is 11.3 Å². The van der Waals surface area contributed by atoms with Crippen LogP contribution in [-0.2, 0) is 0 Å². The molecular formula is C60H41NS. The van der Waals surface area contributed by atoms with Gasteiger partial charge in [0.05, 0.1) is 5.69 Å². The van der Waals surface area contributed by atoms with E-state index in [4.69, 9.17) is 0 Å². The second kappa shape index (κ2) is 16.3. The first-order valence-corrected chi connectivity index (χ1v) is 22.0. The summed E-state index contributed by atoms with van der Waals surface area (Å²) in [5, 5.41) is 2.63. The van der Waals surface area contributed by atoms with E-state index in [0.717, 1.165) is 22.6 Å².